The quantitative estimate of drug-likeness (QED) is 0.342. The maximum Gasteiger partial charge on any atom is 0.123 e. The topological polar surface area (TPSA) is 18.5 Å². The van der Waals surface area contributed by atoms with Gasteiger partial charge in [-0.25, -0.2) is 0 Å². The van der Waals surface area contributed by atoms with E-state index in [-0.39, 0.29) is 6.10 Å². The highest BCUT2D eigenvalue weighted by Crippen LogP contribution is 2.37. The summed E-state index contributed by atoms with van der Waals surface area (Å²) in [5.74, 6) is 2.13. The normalized spacial score (nSPS) is 15.5. The SMILES string of the molecule is CCCCOc1cc2c(cc1CCCBr)OC(CCc1ccccc1)C2. The lowest BCUT2D eigenvalue weighted by atomic mass is 10.0. The van der Waals surface area contributed by atoms with Crippen LogP contribution in [0.5, 0.6) is 11.5 Å². The molecule has 2 aromatic rings. The number of benzene rings is 2. The molecule has 0 aromatic heterocycles. The minimum Gasteiger partial charge on any atom is -0.493 e. The first-order valence-corrected chi connectivity index (χ1v) is 11.0. The second kappa shape index (κ2) is 10.0. The second-order valence-corrected chi connectivity index (χ2v) is 7.82. The third-order valence-electron chi connectivity index (χ3n) is 4.92. The third-order valence-corrected chi connectivity index (χ3v) is 5.48. The van der Waals surface area contributed by atoms with Crippen LogP contribution in [0.3, 0.4) is 0 Å². The van der Waals surface area contributed by atoms with Crippen LogP contribution in [0, 0.1) is 0 Å². The van der Waals surface area contributed by atoms with Crippen molar-refractivity contribution in [1.82, 2.24) is 0 Å². The lowest BCUT2D eigenvalue weighted by molar-refractivity contribution is 0.221. The summed E-state index contributed by atoms with van der Waals surface area (Å²) in [4.78, 5) is 0. The number of aryl methyl sites for hydroxylation is 2. The first kappa shape index (κ1) is 19.3. The van der Waals surface area contributed by atoms with Crippen molar-refractivity contribution in [3.05, 3.63) is 59.2 Å². The van der Waals surface area contributed by atoms with Crippen LogP contribution in [-0.4, -0.2) is 18.0 Å². The first-order chi connectivity index (χ1) is 12.8. The number of halogens is 1. The number of ether oxygens (including phenoxy) is 2. The van der Waals surface area contributed by atoms with Gasteiger partial charge < -0.3 is 9.47 Å². The van der Waals surface area contributed by atoms with Gasteiger partial charge >= 0.3 is 0 Å². The molecule has 0 aliphatic carbocycles. The van der Waals surface area contributed by atoms with Crippen molar-refractivity contribution in [2.75, 3.05) is 11.9 Å². The smallest absolute Gasteiger partial charge is 0.123 e. The van der Waals surface area contributed by atoms with Crippen LogP contribution in [0.1, 0.15) is 49.3 Å². The maximum atomic E-state index is 6.26. The van der Waals surface area contributed by atoms with Crippen LogP contribution in [-0.2, 0) is 19.3 Å². The Morgan fingerprint density at radius 3 is 2.73 bits per heavy atom. The molecule has 1 aliphatic rings. The van der Waals surface area contributed by atoms with E-state index in [1.54, 1.807) is 0 Å². The Kier molecular flexibility index (Phi) is 7.43. The van der Waals surface area contributed by atoms with Crippen molar-refractivity contribution >= 4 is 15.9 Å². The van der Waals surface area contributed by atoms with Gasteiger partial charge in [-0.15, -0.1) is 0 Å². The van der Waals surface area contributed by atoms with Crippen LogP contribution in [0.15, 0.2) is 42.5 Å². The van der Waals surface area contributed by atoms with E-state index in [0.717, 1.165) is 68.4 Å². The highest BCUT2D eigenvalue weighted by atomic mass is 79.9. The molecule has 0 bridgehead atoms. The minimum atomic E-state index is 0.278. The molecule has 2 nitrogen and oxygen atoms in total. The lowest BCUT2D eigenvalue weighted by Crippen LogP contribution is -2.13. The van der Waals surface area contributed by atoms with E-state index in [1.807, 2.05) is 0 Å². The van der Waals surface area contributed by atoms with Gasteiger partial charge in [0.2, 0.25) is 0 Å². The van der Waals surface area contributed by atoms with Crippen LogP contribution < -0.4 is 9.47 Å². The fourth-order valence-electron chi connectivity index (χ4n) is 3.43. The number of unbranched alkanes of at least 4 members (excludes halogenated alkanes) is 1. The zero-order chi connectivity index (χ0) is 18.2. The summed E-state index contributed by atoms with van der Waals surface area (Å²) in [6.07, 6.45) is 7.79. The summed E-state index contributed by atoms with van der Waals surface area (Å²) in [7, 11) is 0. The molecule has 3 rings (SSSR count). The summed E-state index contributed by atoms with van der Waals surface area (Å²) in [6, 6.07) is 15.1. The summed E-state index contributed by atoms with van der Waals surface area (Å²) < 4.78 is 12.4. The Balaban J connectivity index is 1.65. The lowest BCUT2D eigenvalue weighted by Gasteiger charge is -2.13. The summed E-state index contributed by atoms with van der Waals surface area (Å²) in [6.45, 7) is 3.00. The van der Waals surface area contributed by atoms with Gasteiger partial charge in [0.1, 0.15) is 17.6 Å². The van der Waals surface area contributed by atoms with E-state index < -0.39 is 0 Å². The number of alkyl halides is 1. The average Bonchev–Trinajstić information content (AvgIpc) is 3.07. The molecule has 0 radical (unpaired) electrons. The summed E-state index contributed by atoms with van der Waals surface area (Å²) in [5.41, 5.74) is 3.97. The van der Waals surface area contributed by atoms with Crippen LogP contribution in [0.4, 0.5) is 0 Å². The number of rotatable bonds is 10. The van der Waals surface area contributed by atoms with Crippen molar-refractivity contribution in [2.45, 2.75) is 58.0 Å². The molecular formula is C23H29BrO2. The third kappa shape index (κ3) is 5.26. The standard InChI is InChI=1S/C23H29BrO2/c1-2-3-14-25-22-17-20-15-21(12-11-18-8-5-4-6-9-18)26-23(20)16-19(22)10-7-13-24/h4-6,8-9,16-17,21H,2-3,7,10-15H2,1H3. The first-order valence-electron chi connectivity index (χ1n) is 9.85. The molecule has 2 aromatic carbocycles. The fourth-order valence-corrected chi connectivity index (χ4v) is 3.71. The molecule has 1 atom stereocenters. The van der Waals surface area contributed by atoms with Crippen molar-refractivity contribution in [3.63, 3.8) is 0 Å². The molecule has 1 unspecified atom stereocenters. The van der Waals surface area contributed by atoms with E-state index in [4.69, 9.17) is 9.47 Å². The largest absolute Gasteiger partial charge is 0.493 e. The molecule has 140 valence electrons. The Labute approximate surface area is 166 Å². The Hall–Kier alpha value is -1.48. The zero-order valence-electron chi connectivity index (χ0n) is 15.7. The molecule has 0 saturated heterocycles. The highest BCUT2D eigenvalue weighted by molar-refractivity contribution is 9.09. The van der Waals surface area contributed by atoms with E-state index in [0.29, 0.717) is 0 Å². The predicted molar refractivity (Wildman–Crippen MR) is 112 cm³/mol. The van der Waals surface area contributed by atoms with Crippen molar-refractivity contribution < 1.29 is 9.47 Å². The van der Waals surface area contributed by atoms with Gasteiger partial charge in [0.15, 0.2) is 0 Å². The number of fused-ring (bicyclic) bond motifs is 1. The molecule has 0 spiro atoms. The highest BCUT2D eigenvalue weighted by Gasteiger charge is 2.24. The molecule has 1 heterocycles. The minimum absolute atomic E-state index is 0.278. The van der Waals surface area contributed by atoms with Crippen LogP contribution >= 0.6 is 15.9 Å². The molecule has 0 saturated carbocycles. The van der Waals surface area contributed by atoms with E-state index in [2.05, 4.69) is 65.3 Å². The maximum absolute atomic E-state index is 6.26. The molecule has 0 amide bonds. The average molecular weight is 417 g/mol. The van der Waals surface area contributed by atoms with Crippen molar-refractivity contribution in [1.29, 1.82) is 0 Å². The van der Waals surface area contributed by atoms with Crippen molar-refractivity contribution in [2.24, 2.45) is 0 Å². The zero-order valence-corrected chi connectivity index (χ0v) is 17.3. The number of hydrogen-bond donors (Lipinski definition) is 0. The van der Waals surface area contributed by atoms with Crippen LogP contribution in [0.2, 0.25) is 0 Å². The summed E-state index contributed by atoms with van der Waals surface area (Å²) in [5, 5.41) is 1.01. The van der Waals surface area contributed by atoms with Gasteiger partial charge in [-0.2, -0.15) is 0 Å². The van der Waals surface area contributed by atoms with E-state index in [1.165, 1.54) is 16.7 Å². The van der Waals surface area contributed by atoms with Crippen LogP contribution in [0.25, 0.3) is 0 Å². The fraction of sp³-hybridized carbons (Fsp3) is 0.478. The molecule has 0 fully saturated rings. The van der Waals surface area contributed by atoms with Gasteiger partial charge in [-0.05, 0) is 55.4 Å². The molecule has 1 aliphatic heterocycles. The number of hydrogen-bond acceptors (Lipinski definition) is 2. The van der Waals surface area contributed by atoms with E-state index in [9.17, 15) is 0 Å². The predicted octanol–water partition coefficient (Wildman–Crippen LogP) is 6.13. The Bertz CT molecular complexity index is 684. The monoisotopic (exact) mass is 416 g/mol. The van der Waals surface area contributed by atoms with Gasteiger partial charge in [-0.3, -0.25) is 0 Å². The molecule has 0 N–H and O–H groups in total. The van der Waals surface area contributed by atoms with Gasteiger partial charge in [0, 0.05) is 17.3 Å². The molecule has 26 heavy (non-hydrogen) atoms. The van der Waals surface area contributed by atoms with E-state index >= 15 is 0 Å². The Morgan fingerprint density at radius 1 is 1.12 bits per heavy atom. The van der Waals surface area contributed by atoms with Gasteiger partial charge in [0.05, 0.1) is 6.61 Å². The van der Waals surface area contributed by atoms with Gasteiger partial charge in [-0.1, -0.05) is 59.6 Å². The van der Waals surface area contributed by atoms with Crippen molar-refractivity contribution in [3.8, 4) is 11.5 Å². The van der Waals surface area contributed by atoms with Gasteiger partial charge in [0.25, 0.3) is 0 Å². The second-order valence-electron chi connectivity index (χ2n) is 7.03. The molecule has 3 heteroatoms. The molecular weight excluding hydrogens is 388 g/mol. The Morgan fingerprint density at radius 2 is 1.96 bits per heavy atom. The summed E-state index contributed by atoms with van der Waals surface area (Å²) >= 11 is 3.54.